The molecule has 1 aromatic carbocycles. The van der Waals surface area contributed by atoms with Gasteiger partial charge in [-0.25, -0.2) is 4.39 Å². The predicted octanol–water partition coefficient (Wildman–Crippen LogP) is 1.92. The first-order chi connectivity index (χ1) is 9.61. The van der Waals surface area contributed by atoms with Crippen LogP contribution >= 0.6 is 12.2 Å². The number of nitrogens with one attached hydrogen (secondary N) is 1. The molecule has 0 radical (unpaired) electrons. The minimum absolute atomic E-state index is 0.199. The van der Waals surface area contributed by atoms with Gasteiger partial charge >= 0.3 is 0 Å². The Labute approximate surface area is 122 Å². The summed E-state index contributed by atoms with van der Waals surface area (Å²) in [5.74, 6) is -0.542. The summed E-state index contributed by atoms with van der Waals surface area (Å²) in [4.78, 5) is 13.7. The summed E-state index contributed by atoms with van der Waals surface area (Å²) in [6.07, 6.45) is 2.30. The van der Waals surface area contributed by atoms with Gasteiger partial charge in [0.1, 0.15) is 11.5 Å². The molecule has 1 amide bonds. The van der Waals surface area contributed by atoms with E-state index in [9.17, 15) is 9.18 Å². The van der Waals surface area contributed by atoms with Crippen molar-refractivity contribution in [1.82, 2.24) is 10.2 Å². The van der Waals surface area contributed by atoms with E-state index in [-0.39, 0.29) is 11.7 Å². The Balaban J connectivity index is 2.11. The minimum atomic E-state index is -0.343. The number of rotatable bonds is 5. The largest absolute Gasteiger partial charge is 0.385 e. The maximum atomic E-state index is 13.1. The fraction of sp³-hybridized carbons (Fsp3) is 0.286. The van der Waals surface area contributed by atoms with Crippen LogP contribution in [-0.2, 0) is 9.53 Å². The first-order valence-corrected chi connectivity index (χ1v) is 6.61. The second-order valence-electron chi connectivity index (χ2n) is 4.35. The zero-order valence-electron chi connectivity index (χ0n) is 11.1. The highest BCUT2D eigenvalue weighted by Crippen LogP contribution is 2.15. The SMILES string of the molecule is COCCCN1C(=O)/C(=C\c2cccc(F)c2)NC1=S. The van der Waals surface area contributed by atoms with Crippen LogP contribution in [-0.4, -0.2) is 36.2 Å². The fourth-order valence-electron chi connectivity index (χ4n) is 1.90. The van der Waals surface area contributed by atoms with Gasteiger partial charge in [0.15, 0.2) is 5.11 Å². The van der Waals surface area contributed by atoms with Crippen LogP contribution in [0.25, 0.3) is 6.08 Å². The normalized spacial score (nSPS) is 16.9. The number of ether oxygens (including phenoxy) is 1. The lowest BCUT2D eigenvalue weighted by molar-refractivity contribution is -0.122. The Morgan fingerprint density at radius 2 is 2.30 bits per heavy atom. The van der Waals surface area contributed by atoms with Crippen LogP contribution in [0.4, 0.5) is 4.39 Å². The van der Waals surface area contributed by atoms with Crippen molar-refractivity contribution >= 4 is 29.3 Å². The summed E-state index contributed by atoms with van der Waals surface area (Å²) in [6, 6.07) is 6.03. The Hall–Kier alpha value is -1.79. The van der Waals surface area contributed by atoms with E-state index in [1.54, 1.807) is 25.3 Å². The summed E-state index contributed by atoms with van der Waals surface area (Å²) >= 11 is 5.12. The van der Waals surface area contributed by atoms with E-state index >= 15 is 0 Å². The van der Waals surface area contributed by atoms with Crippen LogP contribution < -0.4 is 5.32 Å². The number of amides is 1. The van der Waals surface area contributed by atoms with Crippen molar-refractivity contribution in [2.75, 3.05) is 20.3 Å². The molecule has 0 aliphatic carbocycles. The van der Waals surface area contributed by atoms with Crippen molar-refractivity contribution < 1.29 is 13.9 Å². The molecule has 1 fully saturated rings. The summed E-state index contributed by atoms with van der Waals surface area (Å²) in [5.41, 5.74) is 0.973. The van der Waals surface area contributed by atoms with Crippen LogP contribution in [0.1, 0.15) is 12.0 Å². The molecule has 0 bridgehead atoms. The highest BCUT2D eigenvalue weighted by Gasteiger charge is 2.29. The van der Waals surface area contributed by atoms with Gasteiger partial charge in [-0.05, 0) is 42.4 Å². The molecule has 0 aromatic heterocycles. The molecule has 1 saturated heterocycles. The average molecular weight is 294 g/mol. The number of halogens is 1. The third-order valence-corrected chi connectivity index (χ3v) is 3.17. The molecule has 4 nitrogen and oxygen atoms in total. The fourth-order valence-corrected chi connectivity index (χ4v) is 2.19. The maximum absolute atomic E-state index is 13.1. The molecule has 1 aromatic rings. The van der Waals surface area contributed by atoms with Crippen LogP contribution in [0.5, 0.6) is 0 Å². The lowest BCUT2D eigenvalue weighted by Crippen LogP contribution is -2.32. The first kappa shape index (κ1) is 14.6. The molecule has 1 aliphatic rings. The van der Waals surface area contributed by atoms with Crippen molar-refractivity contribution in [3.8, 4) is 0 Å². The van der Waals surface area contributed by atoms with Crippen molar-refractivity contribution in [2.24, 2.45) is 0 Å². The number of methoxy groups -OCH3 is 1. The molecule has 1 heterocycles. The average Bonchev–Trinajstić information content (AvgIpc) is 2.66. The maximum Gasteiger partial charge on any atom is 0.276 e. The van der Waals surface area contributed by atoms with Crippen LogP contribution in [0.3, 0.4) is 0 Å². The van der Waals surface area contributed by atoms with E-state index in [2.05, 4.69) is 5.32 Å². The topological polar surface area (TPSA) is 41.6 Å². The molecule has 0 unspecified atom stereocenters. The summed E-state index contributed by atoms with van der Waals surface area (Å²) in [6.45, 7) is 1.06. The summed E-state index contributed by atoms with van der Waals surface area (Å²) in [5, 5.41) is 3.22. The summed E-state index contributed by atoms with van der Waals surface area (Å²) < 4.78 is 18.1. The molecular formula is C14H15FN2O2S. The Morgan fingerprint density at radius 1 is 1.50 bits per heavy atom. The molecule has 20 heavy (non-hydrogen) atoms. The van der Waals surface area contributed by atoms with Crippen LogP contribution in [0.15, 0.2) is 30.0 Å². The third-order valence-electron chi connectivity index (χ3n) is 2.85. The van der Waals surface area contributed by atoms with Crippen LogP contribution in [0, 0.1) is 5.82 Å². The zero-order chi connectivity index (χ0) is 14.5. The second-order valence-corrected chi connectivity index (χ2v) is 4.73. The number of carbonyl (C=O) groups is 1. The second kappa shape index (κ2) is 6.58. The van der Waals surface area contributed by atoms with Gasteiger partial charge in [-0.3, -0.25) is 9.69 Å². The number of nitrogens with zero attached hydrogens (tertiary/aromatic N) is 1. The predicted molar refractivity (Wildman–Crippen MR) is 78.3 cm³/mol. The van der Waals surface area contributed by atoms with Crippen molar-refractivity contribution in [3.63, 3.8) is 0 Å². The van der Waals surface area contributed by atoms with E-state index in [1.165, 1.54) is 17.0 Å². The molecule has 2 rings (SSSR count). The van der Waals surface area contributed by atoms with E-state index in [0.717, 1.165) is 0 Å². The number of hydrogen-bond acceptors (Lipinski definition) is 3. The van der Waals surface area contributed by atoms with Crippen molar-refractivity contribution in [1.29, 1.82) is 0 Å². The van der Waals surface area contributed by atoms with Gasteiger partial charge in [0.05, 0.1) is 0 Å². The molecule has 106 valence electrons. The number of thiocarbonyl (C=S) groups is 1. The van der Waals surface area contributed by atoms with Crippen LogP contribution in [0.2, 0.25) is 0 Å². The van der Waals surface area contributed by atoms with Crippen molar-refractivity contribution in [2.45, 2.75) is 6.42 Å². The lowest BCUT2D eigenvalue weighted by atomic mass is 10.2. The van der Waals surface area contributed by atoms with Gasteiger partial charge in [0.2, 0.25) is 0 Å². The zero-order valence-corrected chi connectivity index (χ0v) is 11.9. The quantitative estimate of drug-likeness (QED) is 0.512. The van der Waals surface area contributed by atoms with E-state index < -0.39 is 0 Å². The highest BCUT2D eigenvalue weighted by molar-refractivity contribution is 7.80. The van der Waals surface area contributed by atoms with Gasteiger partial charge < -0.3 is 10.1 Å². The molecule has 0 atom stereocenters. The van der Waals surface area contributed by atoms with Gasteiger partial charge in [-0.15, -0.1) is 0 Å². The Morgan fingerprint density at radius 3 is 3.00 bits per heavy atom. The Kier molecular flexibility index (Phi) is 4.81. The number of carbonyl (C=O) groups excluding carboxylic acids is 1. The van der Waals surface area contributed by atoms with Gasteiger partial charge in [-0.1, -0.05) is 12.1 Å². The van der Waals surface area contributed by atoms with E-state index in [1.807, 2.05) is 0 Å². The van der Waals surface area contributed by atoms with Gasteiger partial charge in [0.25, 0.3) is 5.91 Å². The molecule has 6 heteroatoms. The first-order valence-electron chi connectivity index (χ1n) is 6.21. The Bertz CT molecular complexity index is 560. The molecule has 0 saturated carbocycles. The third kappa shape index (κ3) is 3.40. The minimum Gasteiger partial charge on any atom is -0.385 e. The monoisotopic (exact) mass is 294 g/mol. The number of hydrogen-bond donors (Lipinski definition) is 1. The highest BCUT2D eigenvalue weighted by atomic mass is 32.1. The molecule has 1 N–H and O–H groups in total. The van der Waals surface area contributed by atoms with Crippen molar-refractivity contribution in [3.05, 3.63) is 41.3 Å². The number of benzene rings is 1. The molecule has 1 aliphatic heterocycles. The molecular weight excluding hydrogens is 279 g/mol. The van der Waals surface area contributed by atoms with E-state index in [0.29, 0.717) is 35.9 Å². The van der Waals surface area contributed by atoms with Gasteiger partial charge in [-0.2, -0.15) is 0 Å². The lowest BCUT2D eigenvalue weighted by Gasteiger charge is -2.12. The summed E-state index contributed by atoms with van der Waals surface area (Å²) in [7, 11) is 1.61. The smallest absolute Gasteiger partial charge is 0.276 e. The van der Waals surface area contributed by atoms with E-state index in [4.69, 9.17) is 17.0 Å². The van der Waals surface area contributed by atoms with Gasteiger partial charge in [0, 0.05) is 20.3 Å². The molecule has 0 spiro atoms. The standard InChI is InChI=1S/C14H15FN2O2S/c1-19-7-3-6-17-13(18)12(16-14(17)20)9-10-4-2-5-11(15)8-10/h2,4-5,8-9H,3,6-7H2,1H3,(H,16,20)/b12-9+.